The molecule has 0 saturated heterocycles. The summed E-state index contributed by atoms with van der Waals surface area (Å²) in [5.41, 5.74) is 7.49. The lowest BCUT2D eigenvalue weighted by Gasteiger charge is -2.17. The molecule has 1 aromatic carbocycles. The summed E-state index contributed by atoms with van der Waals surface area (Å²) in [6.45, 7) is 2.58. The van der Waals surface area contributed by atoms with Gasteiger partial charge < -0.3 is 10.6 Å². The molecular formula is C14H19N5O. The number of amides is 1. The first-order valence-electron chi connectivity index (χ1n) is 6.50. The summed E-state index contributed by atoms with van der Waals surface area (Å²) >= 11 is 0. The zero-order chi connectivity index (χ0) is 14.5. The number of hydrogen-bond donors (Lipinski definition) is 1. The summed E-state index contributed by atoms with van der Waals surface area (Å²) in [5, 5.41) is 7.84. The van der Waals surface area contributed by atoms with Crippen molar-refractivity contribution in [2.24, 2.45) is 5.73 Å². The van der Waals surface area contributed by atoms with Crippen molar-refractivity contribution in [3.8, 4) is 0 Å². The van der Waals surface area contributed by atoms with Gasteiger partial charge in [-0.3, -0.25) is 4.79 Å². The van der Waals surface area contributed by atoms with Crippen LogP contribution in [0.1, 0.15) is 24.2 Å². The fraction of sp³-hybridized carbons (Fsp3) is 0.357. The Bertz CT molecular complexity index is 564. The number of aromatic nitrogens is 3. The predicted octanol–water partition coefficient (Wildman–Crippen LogP) is 0.956. The van der Waals surface area contributed by atoms with Crippen LogP contribution in [0, 0.1) is 0 Å². The van der Waals surface area contributed by atoms with Crippen LogP contribution in [-0.2, 0) is 17.9 Å². The first kappa shape index (κ1) is 14.2. The van der Waals surface area contributed by atoms with Gasteiger partial charge in [-0.05, 0) is 12.5 Å². The first-order chi connectivity index (χ1) is 9.56. The summed E-state index contributed by atoms with van der Waals surface area (Å²) in [7, 11) is 1.78. The van der Waals surface area contributed by atoms with Gasteiger partial charge in [0.15, 0.2) is 0 Å². The highest BCUT2D eigenvalue weighted by molar-refractivity contribution is 5.75. The Morgan fingerprint density at radius 1 is 1.40 bits per heavy atom. The van der Waals surface area contributed by atoms with Crippen molar-refractivity contribution in [1.29, 1.82) is 0 Å². The van der Waals surface area contributed by atoms with Crippen LogP contribution < -0.4 is 5.73 Å². The summed E-state index contributed by atoms with van der Waals surface area (Å²) in [4.78, 5) is 13.8. The number of hydrogen-bond acceptors (Lipinski definition) is 4. The van der Waals surface area contributed by atoms with E-state index >= 15 is 0 Å². The van der Waals surface area contributed by atoms with E-state index in [0.29, 0.717) is 12.2 Å². The van der Waals surface area contributed by atoms with Crippen LogP contribution in [0.25, 0.3) is 0 Å². The minimum Gasteiger partial charge on any atom is -0.340 e. The number of rotatable bonds is 5. The highest BCUT2D eigenvalue weighted by Crippen LogP contribution is 2.05. The van der Waals surface area contributed by atoms with Crippen molar-refractivity contribution in [1.82, 2.24) is 19.9 Å². The van der Waals surface area contributed by atoms with E-state index in [1.807, 2.05) is 37.3 Å². The average Bonchev–Trinajstić information content (AvgIpc) is 2.88. The van der Waals surface area contributed by atoms with E-state index in [9.17, 15) is 4.79 Å². The molecule has 1 amide bonds. The van der Waals surface area contributed by atoms with Crippen LogP contribution in [-0.4, -0.2) is 32.8 Å². The molecule has 6 nitrogen and oxygen atoms in total. The zero-order valence-corrected chi connectivity index (χ0v) is 11.7. The summed E-state index contributed by atoms with van der Waals surface area (Å²) in [6, 6.07) is 9.68. The van der Waals surface area contributed by atoms with E-state index < -0.39 is 0 Å². The molecule has 6 heteroatoms. The molecule has 106 valence electrons. The number of nitrogens with two attached hydrogens (primary N) is 1. The van der Waals surface area contributed by atoms with Gasteiger partial charge in [-0.2, -0.15) is 0 Å². The van der Waals surface area contributed by atoms with Gasteiger partial charge in [-0.15, -0.1) is 5.10 Å². The lowest BCUT2D eigenvalue weighted by atomic mass is 10.2. The van der Waals surface area contributed by atoms with Gasteiger partial charge in [-0.1, -0.05) is 35.5 Å². The van der Waals surface area contributed by atoms with Gasteiger partial charge in [0, 0.05) is 19.6 Å². The van der Waals surface area contributed by atoms with Gasteiger partial charge in [0.1, 0.15) is 6.54 Å². The topological polar surface area (TPSA) is 77.0 Å². The number of likely N-dealkylation sites (N-methyl/N-ethyl adjacent to an activating group) is 1. The minimum atomic E-state index is -0.180. The SMILES string of the molecule is CC(N)c1cn(CC(=O)N(C)Cc2ccccc2)nn1. The zero-order valence-electron chi connectivity index (χ0n) is 11.7. The third-order valence-electron chi connectivity index (χ3n) is 3.01. The molecule has 1 aromatic heterocycles. The Balaban J connectivity index is 1.93. The molecule has 2 N–H and O–H groups in total. The highest BCUT2D eigenvalue weighted by Gasteiger charge is 2.12. The fourth-order valence-electron chi connectivity index (χ4n) is 1.80. The van der Waals surface area contributed by atoms with Crippen LogP contribution in [0.15, 0.2) is 36.5 Å². The second-order valence-corrected chi connectivity index (χ2v) is 4.87. The lowest BCUT2D eigenvalue weighted by Crippen LogP contribution is -2.30. The van der Waals surface area contributed by atoms with E-state index in [-0.39, 0.29) is 18.5 Å². The minimum absolute atomic E-state index is 0.0185. The van der Waals surface area contributed by atoms with Crippen molar-refractivity contribution >= 4 is 5.91 Å². The van der Waals surface area contributed by atoms with Gasteiger partial charge >= 0.3 is 0 Å². The normalized spacial score (nSPS) is 12.2. The first-order valence-corrected chi connectivity index (χ1v) is 6.50. The molecule has 0 spiro atoms. The molecule has 0 aliphatic carbocycles. The van der Waals surface area contributed by atoms with Crippen LogP contribution >= 0.6 is 0 Å². The van der Waals surface area contributed by atoms with Gasteiger partial charge in [0.25, 0.3) is 0 Å². The van der Waals surface area contributed by atoms with E-state index in [1.165, 1.54) is 4.68 Å². The molecule has 2 rings (SSSR count). The van der Waals surface area contributed by atoms with Crippen LogP contribution in [0.4, 0.5) is 0 Å². The quantitative estimate of drug-likeness (QED) is 0.880. The third-order valence-corrected chi connectivity index (χ3v) is 3.01. The number of carbonyl (C=O) groups excluding carboxylic acids is 1. The van der Waals surface area contributed by atoms with Crippen molar-refractivity contribution in [2.45, 2.75) is 26.1 Å². The predicted molar refractivity (Wildman–Crippen MR) is 75.5 cm³/mol. The van der Waals surface area contributed by atoms with E-state index in [2.05, 4.69) is 10.3 Å². The molecule has 2 aromatic rings. The molecule has 0 radical (unpaired) electrons. The number of carbonyl (C=O) groups is 1. The highest BCUT2D eigenvalue weighted by atomic mass is 16.2. The van der Waals surface area contributed by atoms with Crippen LogP contribution in [0.2, 0.25) is 0 Å². The standard InChI is InChI=1S/C14H19N5O/c1-11(15)13-9-19(17-16-13)10-14(20)18(2)8-12-6-4-3-5-7-12/h3-7,9,11H,8,10,15H2,1-2H3. The maximum atomic E-state index is 12.1. The molecule has 0 bridgehead atoms. The van der Waals surface area contributed by atoms with Gasteiger partial charge in [0.05, 0.1) is 11.9 Å². The second-order valence-electron chi connectivity index (χ2n) is 4.87. The van der Waals surface area contributed by atoms with Crippen molar-refractivity contribution in [3.63, 3.8) is 0 Å². The van der Waals surface area contributed by atoms with Gasteiger partial charge in [0.2, 0.25) is 5.91 Å². The average molecular weight is 273 g/mol. The molecule has 1 heterocycles. The summed E-state index contributed by atoms with van der Waals surface area (Å²) in [5.74, 6) is -0.0185. The molecule has 20 heavy (non-hydrogen) atoms. The third kappa shape index (κ3) is 3.64. The lowest BCUT2D eigenvalue weighted by molar-refractivity contribution is -0.131. The smallest absolute Gasteiger partial charge is 0.244 e. The number of nitrogens with zero attached hydrogens (tertiary/aromatic N) is 4. The van der Waals surface area contributed by atoms with Crippen LogP contribution in [0.5, 0.6) is 0 Å². The van der Waals surface area contributed by atoms with Crippen molar-refractivity contribution in [3.05, 3.63) is 47.8 Å². The van der Waals surface area contributed by atoms with Gasteiger partial charge in [-0.25, -0.2) is 4.68 Å². The van der Waals surface area contributed by atoms with E-state index in [4.69, 9.17) is 5.73 Å². The van der Waals surface area contributed by atoms with E-state index in [0.717, 1.165) is 5.56 Å². The van der Waals surface area contributed by atoms with Crippen molar-refractivity contribution < 1.29 is 4.79 Å². The molecule has 0 saturated carbocycles. The molecule has 0 aliphatic rings. The second kappa shape index (κ2) is 6.29. The Morgan fingerprint density at radius 3 is 2.70 bits per heavy atom. The Morgan fingerprint density at radius 2 is 2.10 bits per heavy atom. The molecule has 1 atom stereocenters. The van der Waals surface area contributed by atoms with Crippen molar-refractivity contribution in [2.75, 3.05) is 7.05 Å². The van der Waals surface area contributed by atoms with Crippen LogP contribution in [0.3, 0.4) is 0 Å². The molecular weight excluding hydrogens is 254 g/mol. The maximum Gasteiger partial charge on any atom is 0.244 e. The summed E-state index contributed by atoms with van der Waals surface area (Å²) < 4.78 is 1.52. The number of benzene rings is 1. The molecule has 0 aliphatic heterocycles. The molecule has 0 fully saturated rings. The largest absolute Gasteiger partial charge is 0.340 e. The monoisotopic (exact) mass is 273 g/mol. The maximum absolute atomic E-state index is 12.1. The Kier molecular flexibility index (Phi) is 4.47. The molecule has 1 unspecified atom stereocenters. The summed E-state index contributed by atoms with van der Waals surface area (Å²) in [6.07, 6.45) is 1.71. The Labute approximate surface area is 118 Å². The Hall–Kier alpha value is -2.21. The fourth-order valence-corrected chi connectivity index (χ4v) is 1.80. The van der Waals surface area contributed by atoms with E-state index in [1.54, 1.807) is 18.1 Å².